The zero-order valence-corrected chi connectivity index (χ0v) is 17.2. The lowest BCUT2D eigenvalue weighted by Gasteiger charge is -2.30. The predicted molar refractivity (Wildman–Crippen MR) is 115 cm³/mol. The normalized spacial score (nSPS) is 13.6. The smallest absolute Gasteiger partial charge is 0.262 e. The van der Waals surface area contributed by atoms with Crippen molar-refractivity contribution in [2.24, 2.45) is 0 Å². The van der Waals surface area contributed by atoms with Crippen molar-refractivity contribution >= 4 is 27.3 Å². The number of anilines is 2. The van der Waals surface area contributed by atoms with Gasteiger partial charge in [0.05, 0.1) is 4.90 Å². The maximum atomic E-state index is 13.3. The van der Waals surface area contributed by atoms with Gasteiger partial charge in [-0.05, 0) is 79.4 Å². The molecule has 0 aromatic heterocycles. The van der Waals surface area contributed by atoms with E-state index in [0.29, 0.717) is 23.4 Å². The van der Waals surface area contributed by atoms with E-state index in [4.69, 9.17) is 0 Å². The maximum absolute atomic E-state index is 13.3. The van der Waals surface area contributed by atoms with Crippen LogP contribution in [0.15, 0.2) is 71.6 Å². The number of aryl methyl sites for hydroxylation is 2. The summed E-state index contributed by atoms with van der Waals surface area (Å²) in [5.41, 5.74) is 3.05. The Morgan fingerprint density at radius 1 is 1.03 bits per heavy atom. The van der Waals surface area contributed by atoms with Crippen LogP contribution in [0.1, 0.15) is 27.9 Å². The van der Waals surface area contributed by atoms with Crippen molar-refractivity contribution in [1.29, 1.82) is 0 Å². The molecule has 1 heterocycles. The lowest BCUT2D eigenvalue weighted by molar-refractivity contribution is 0.0985. The first-order valence-electron chi connectivity index (χ1n) is 9.64. The van der Waals surface area contributed by atoms with Gasteiger partial charge in [0.2, 0.25) is 0 Å². The van der Waals surface area contributed by atoms with Crippen molar-refractivity contribution in [1.82, 2.24) is 0 Å². The number of amides is 1. The van der Waals surface area contributed by atoms with Gasteiger partial charge in [0.15, 0.2) is 0 Å². The van der Waals surface area contributed by atoms with Crippen LogP contribution in [0.2, 0.25) is 0 Å². The molecule has 3 aromatic carbocycles. The number of halogens is 1. The molecule has 5 nitrogen and oxygen atoms in total. The minimum absolute atomic E-state index is 0.0301. The van der Waals surface area contributed by atoms with Gasteiger partial charge < -0.3 is 4.90 Å². The Morgan fingerprint density at radius 2 is 1.80 bits per heavy atom. The molecule has 0 atom stereocenters. The van der Waals surface area contributed by atoms with E-state index < -0.39 is 15.8 Å². The zero-order valence-electron chi connectivity index (χ0n) is 16.4. The van der Waals surface area contributed by atoms with E-state index in [1.54, 1.807) is 42.2 Å². The summed E-state index contributed by atoms with van der Waals surface area (Å²) in [4.78, 5) is 14.7. The highest BCUT2D eigenvalue weighted by Gasteiger charge is 2.24. The molecule has 154 valence electrons. The van der Waals surface area contributed by atoms with E-state index >= 15 is 0 Å². The summed E-state index contributed by atoms with van der Waals surface area (Å²) < 4.78 is 41.4. The summed E-state index contributed by atoms with van der Waals surface area (Å²) in [6, 6.07) is 17.8. The molecule has 3 aromatic rings. The summed E-state index contributed by atoms with van der Waals surface area (Å²) in [5.74, 6) is -0.560. The van der Waals surface area contributed by atoms with E-state index in [0.717, 1.165) is 30.2 Å². The fourth-order valence-corrected chi connectivity index (χ4v) is 5.01. The van der Waals surface area contributed by atoms with Crippen molar-refractivity contribution in [2.75, 3.05) is 16.2 Å². The van der Waals surface area contributed by atoms with Crippen molar-refractivity contribution < 1.29 is 17.6 Å². The molecular weight excluding hydrogens is 403 g/mol. The third kappa shape index (κ3) is 3.93. The molecule has 0 spiro atoms. The van der Waals surface area contributed by atoms with Gasteiger partial charge >= 0.3 is 0 Å². The van der Waals surface area contributed by atoms with Gasteiger partial charge in [-0.1, -0.05) is 18.2 Å². The number of fused-ring (bicyclic) bond motifs is 1. The molecule has 1 aliphatic heterocycles. The van der Waals surface area contributed by atoms with Gasteiger partial charge in [-0.2, -0.15) is 0 Å². The van der Waals surface area contributed by atoms with Gasteiger partial charge in [-0.25, -0.2) is 12.8 Å². The van der Waals surface area contributed by atoms with Crippen LogP contribution in [0.5, 0.6) is 0 Å². The lowest BCUT2D eigenvalue weighted by Crippen LogP contribution is -2.35. The standard InChI is InChI=1S/C23H21FN2O3S/c1-16-14-19(24)9-12-22(16)30(28,29)25-20-10-11-21-18(15-20)8-5-13-26(21)23(27)17-6-3-2-4-7-17/h2-4,6-7,9-12,14-15,25H,5,8,13H2,1H3. The fourth-order valence-electron chi connectivity index (χ4n) is 3.73. The van der Waals surface area contributed by atoms with E-state index in [2.05, 4.69) is 4.72 Å². The molecule has 1 aliphatic rings. The minimum Gasteiger partial charge on any atom is -0.308 e. The monoisotopic (exact) mass is 424 g/mol. The van der Waals surface area contributed by atoms with Crippen LogP contribution in [0.4, 0.5) is 15.8 Å². The fraction of sp³-hybridized carbons (Fsp3) is 0.174. The largest absolute Gasteiger partial charge is 0.308 e. The van der Waals surface area contributed by atoms with Gasteiger partial charge in [0, 0.05) is 23.5 Å². The van der Waals surface area contributed by atoms with Crippen LogP contribution in [0.25, 0.3) is 0 Å². The molecule has 0 fully saturated rings. The second-order valence-corrected chi connectivity index (χ2v) is 8.94. The first-order chi connectivity index (χ1) is 14.3. The number of hydrogen-bond acceptors (Lipinski definition) is 3. The maximum Gasteiger partial charge on any atom is 0.262 e. The van der Waals surface area contributed by atoms with Gasteiger partial charge in [0.1, 0.15) is 5.82 Å². The summed E-state index contributed by atoms with van der Waals surface area (Å²) in [7, 11) is -3.86. The first kappa shape index (κ1) is 20.1. The van der Waals surface area contributed by atoms with Crippen LogP contribution in [0.3, 0.4) is 0 Å². The SMILES string of the molecule is Cc1cc(F)ccc1S(=O)(=O)Nc1ccc2c(c1)CCCN2C(=O)c1ccccc1. The number of sulfonamides is 1. The van der Waals surface area contributed by atoms with Crippen LogP contribution < -0.4 is 9.62 Å². The van der Waals surface area contributed by atoms with Crippen molar-refractivity contribution in [3.8, 4) is 0 Å². The minimum atomic E-state index is -3.86. The average molecular weight is 424 g/mol. The molecule has 4 rings (SSSR count). The highest BCUT2D eigenvalue weighted by Crippen LogP contribution is 2.32. The average Bonchev–Trinajstić information content (AvgIpc) is 2.72. The molecule has 0 radical (unpaired) electrons. The van der Waals surface area contributed by atoms with Crippen LogP contribution in [-0.4, -0.2) is 20.9 Å². The summed E-state index contributed by atoms with van der Waals surface area (Å²) in [6.45, 7) is 2.16. The Kier molecular flexibility index (Phi) is 5.30. The molecule has 0 saturated carbocycles. The van der Waals surface area contributed by atoms with Crippen LogP contribution in [-0.2, 0) is 16.4 Å². The molecule has 30 heavy (non-hydrogen) atoms. The highest BCUT2D eigenvalue weighted by molar-refractivity contribution is 7.92. The zero-order chi connectivity index (χ0) is 21.3. The molecule has 0 bridgehead atoms. The number of carbonyl (C=O) groups excluding carboxylic acids is 1. The van der Waals surface area contributed by atoms with Gasteiger partial charge in [-0.15, -0.1) is 0 Å². The number of nitrogens with zero attached hydrogens (tertiary/aromatic N) is 1. The summed E-state index contributed by atoms with van der Waals surface area (Å²) >= 11 is 0. The Labute approximate surface area is 175 Å². The quantitative estimate of drug-likeness (QED) is 0.669. The number of hydrogen-bond donors (Lipinski definition) is 1. The van der Waals surface area contributed by atoms with E-state index in [9.17, 15) is 17.6 Å². The third-order valence-corrected chi connectivity index (χ3v) is 6.68. The van der Waals surface area contributed by atoms with Gasteiger partial charge in [-0.3, -0.25) is 9.52 Å². The van der Waals surface area contributed by atoms with E-state index in [-0.39, 0.29) is 10.8 Å². The highest BCUT2D eigenvalue weighted by atomic mass is 32.2. The number of rotatable bonds is 4. The second-order valence-electron chi connectivity index (χ2n) is 7.29. The summed E-state index contributed by atoms with van der Waals surface area (Å²) in [5, 5.41) is 0. The Hall–Kier alpha value is -3.19. The molecular formula is C23H21FN2O3S. The summed E-state index contributed by atoms with van der Waals surface area (Å²) in [6.07, 6.45) is 1.54. The van der Waals surface area contributed by atoms with Crippen molar-refractivity contribution in [3.05, 3.63) is 89.2 Å². The molecule has 0 aliphatic carbocycles. The molecule has 0 unspecified atom stereocenters. The van der Waals surface area contributed by atoms with Crippen molar-refractivity contribution in [2.45, 2.75) is 24.7 Å². The van der Waals surface area contributed by atoms with Gasteiger partial charge in [0.25, 0.3) is 15.9 Å². The molecule has 1 amide bonds. The molecule has 0 saturated heterocycles. The van der Waals surface area contributed by atoms with E-state index in [1.807, 2.05) is 18.2 Å². The number of benzene rings is 3. The first-order valence-corrected chi connectivity index (χ1v) is 11.1. The van der Waals surface area contributed by atoms with Crippen LogP contribution in [0, 0.1) is 12.7 Å². The van der Waals surface area contributed by atoms with E-state index in [1.165, 1.54) is 12.1 Å². The van der Waals surface area contributed by atoms with Crippen LogP contribution >= 0.6 is 0 Å². The predicted octanol–water partition coefficient (Wildman–Crippen LogP) is 4.53. The van der Waals surface area contributed by atoms with Crippen molar-refractivity contribution in [3.63, 3.8) is 0 Å². The number of nitrogens with one attached hydrogen (secondary N) is 1. The Morgan fingerprint density at radius 3 is 2.53 bits per heavy atom. The topological polar surface area (TPSA) is 66.5 Å². The molecule has 7 heteroatoms. The Balaban J connectivity index is 1.62. The second kappa shape index (κ2) is 7.91. The Bertz CT molecular complexity index is 1210. The molecule has 1 N–H and O–H groups in total. The third-order valence-electron chi connectivity index (χ3n) is 5.14. The number of carbonyl (C=O) groups is 1. The lowest BCUT2D eigenvalue weighted by atomic mass is 10.00.